The molecular formula is C11H12BrNOS2. The summed E-state index contributed by atoms with van der Waals surface area (Å²) in [5.41, 5.74) is 0.991. The zero-order valence-electron chi connectivity index (χ0n) is 8.81. The van der Waals surface area contributed by atoms with Crippen LogP contribution in [0.5, 0.6) is 0 Å². The summed E-state index contributed by atoms with van der Waals surface area (Å²) in [6, 6.07) is 4.06. The third kappa shape index (κ3) is 3.38. The van der Waals surface area contributed by atoms with Crippen LogP contribution < -0.4 is 0 Å². The molecule has 1 atom stereocenters. The van der Waals surface area contributed by atoms with Gasteiger partial charge in [0.2, 0.25) is 0 Å². The van der Waals surface area contributed by atoms with Gasteiger partial charge in [-0.3, -0.25) is 0 Å². The fraction of sp³-hybridized carbons (Fsp3) is 0.364. The van der Waals surface area contributed by atoms with Gasteiger partial charge in [-0.1, -0.05) is 0 Å². The number of hydrogen-bond acceptors (Lipinski definition) is 4. The van der Waals surface area contributed by atoms with Crippen LogP contribution in [0.3, 0.4) is 0 Å². The first kappa shape index (κ1) is 12.2. The maximum absolute atomic E-state index is 9.93. The number of nitrogens with zero attached hydrogens (tertiary/aromatic N) is 1. The summed E-state index contributed by atoms with van der Waals surface area (Å²) in [7, 11) is 0. The van der Waals surface area contributed by atoms with Crippen LogP contribution in [-0.4, -0.2) is 16.2 Å². The molecular weight excluding hydrogens is 306 g/mol. The first-order chi connectivity index (χ1) is 7.63. The molecule has 0 aliphatic heterocycles. The zero-order valence-corrected chi connectivity index (χ0v) is 12.0. The highest BCUT2D eigenvalue weighted by atomic mass is 79.9. The molecule has 0 spiro atoms. The molecule has 5 heteroatoms. The summed E-state index contributed by atoms with van der Waals surface area (Å²) in [6.07, 6.45) is 0.999. The summed E-state index contributed by atoms with van der Waals surface area (Å²) >= 11 is 6.72. The van der Waals surface area contributed by atoms with E-state index in [1.54, 1.807) is 22.7 Å². The summed E-state index contributed by atoms with van der Waals surface area (Å²) in [4.78, 5) is 5.55. The zero-order chi connectivity index (χ0) is 11.5. The molecule has 0 aliphatic carbocycles. The van der Waals surface area contributed by atoms with Gasteiger partial charge < -0.3 is 5.11 Å². The first-order valence-electron chi connectivity index (χ1n) is 4.97. The minimum atomic E-state index is -0.341. The second-order valence-electron chi connectivity index (χ2n) is 3.63. The molecule has 2 rings (SSSR count). The summed E-state index contributed by atoms with van der Waals surface area (Å²) in [6.45, 7) is 1.98. The van der Waals surface area contributed by atoms with Crippen molar-refractivity contribution in [3.05, 3.63) is 36.9 Å². The van der Waals surface area contributed by atoms with Gasteiger partial charge in [0, 0.05) is 23.1 Å². The largest absolute Gasteiger partial charge is 0.392 e. The van der Waals surface area contributed by atoms with Gasteiger partial charge in [-0.2, -0.15) is 0 Å². The van der Waals surface area contributed by atoms with E-state index in [-0.39, 0.29) is 6.10 Å². The van der Waals surface area contributed by atoms with Crippen LogP contribution in [0.15, 0.2) is 21.3 Å². The van der Waals surface area contributed by atoms with Crippen molar-refractivity contribution in [1.29, 1.82) is 0 Å². The number of rotatable bonds is 4. The number of aromatic nitrogens is 1. The maximum Gasteiger partial charge on any atom is 0.0897 e. The topological polar surface area (TPSA) is 33.1 Å². The molecule has 2 aromatic rings. The normalized spacial score (nSPS) is 12.9. The van der Waals surface area contributed by atoms with Crippen molar-refractivity contribution in [2.45, 2.75) is 25.9 Å². The minimum Gasteiger partial charge on any atom is -0.392 e. The van der Waals surface area contributed by atoms with Gasteiger partial charge in [-0.15, -0.1) is 22.7 Å². The predicted octanol–water partition coefficient (Wildman–Crippen LogP) is 3.42. The van der Waals surface area contributed by atoms with Gasteiger partial charge in [-0.05, 0) is 35.0 Å². The summed E-state index contributed by atoms with van der Waals surface area (Å²) in [5, 5.41) is 13.0. The van der Waals surface area contributed by atoms with Crippen molar-refractivity contribution in [3.63, 3.8) is 0 Å². The Bertz CT molecular complexity index is 424. The molecule has 0 aromatic carbocycles. The number of aryl methyl sites for hydroxylation is 1. The Morgan fingerprint density at radius 3 is 2.81 bits per heavy atom. The molecule has 0 radical (unpaired) electrons. The molecule has 2 aromatic heterocycles. The van der Waals surface area contributed by atoms with Gasteiger partial charge in [0.1, 0.15) is 0 Å². The average Bonchev–Trinajstić information content (AvgIpc) is 2.76. The molecule has 0 bridgehead atoms. The lowest BCUT2D eigenvalue weighted by atomic mass is 10.1. The third-order valence-electron chi connectivity index (χ3n) is 2.18. The van der Waals surface area contributed by atoms with E-state index in [0.29, 0.717) is 12.8 Å². The molecule has 16 heavy (non-hydrogen) atoms. The van der Waals surface area contributed by atoms with Gasteiger partial charge >= 0.3 is 0 Å². The Balaban J connectivity index is 1.91. The van der Waals surface area contributed by atoms with Crippen LogP contribution in [0.25, 0.3) is 0 Å². The molecule has 1 N–H and O–H groups in total. The molecule has 86 valence electrons. The lowest BCUT2D eigenvalue weighted by Crippen LogP contribution is -2.13. The Labute approximate surface area is 111 Å². The second kappa shape index (κ2) is 5.40. The van der Waals surface area contributed by atoms with Crippen LogP contribution in [0.4, 0.5) is 0 Å². The van der Waals surface area contributed by atoms with Crippen molar-refractivity contribution < 1.29 is 5.11 Å². The molecule has 0 saturated carbocycles. The van der Waals surface area contributed by atoms with Crippen molar-refractivity contribution in [2.75, 3.05) is 0 Å². The lowest BCUT2D eigenvalue weighted by molar-refractivity contribution is 0.175. The van der Waals surface area contributed by atoms with Crippen molar-refractivity contribution in [1.82, 2.24) is 4.98 Å². The molecule has 0 aliphatic rings. The van der Waals surface area contributed by atoms with E-state index in [9.17, 15) is 5.11 Å². The van der Waals surface area contributed by atoms with Gasteiger partial charge in [0.05, 0.1) is 20.6 Å². The minimum absolute atomic E-state index is 0.341. The molecule has 0 amide bonds. The van der Waals surface area contributed by atoms with E-state index < -0.39 is 0 Å². The molecule has 2 nitrogen and oxygen atoms in total. The van der Waals surface area contributed by atoms with E-state index in [1.807, 2.05) is 24.4 Å². The Kier molecular flexibility index (Phi) is 4.13. The van der Waals surface area contributed by atoms with Crippen LogP contribution >= 0.6 is 38.6 Å². The van der Waals surface area contributed by atoms with Gasteiger partial charge in [-0.25, -0.2) is 4.98 Å². The number of aliphatic hydroxyl groups excluding tert-OH is 1. The smallest absolute Gasteiger partial charge is 0.0897 e. The van der Waals surface area contributed by atoms with Crippen LogP contribution in [0.1, 0.15) is 15.6 Å². The predicted molar refractivity (Wildman–Crippen MR) is 72.3 cm³/mol. The fourth-order valence-electron chi connectivity index (χ4n) is 1.51. The Hall–Kier alpha value is -0.230. The monoisotopic (exact) mass is 317 g/mol. The van der Waals surface area contributed by atoms with Crippen LogP contribution in [0, 0.1) is 6.92 Å². The summed E-state index contributed by atoms with van der Waals surface area (Å²) < 4.78 is 1.11. The number of hydrogen-bond donors (Lipinski definition) is 1. The van der Waals surface area contributed by atoms with E-state index in [4.69, 9.17) is 0 Å². The summed E-state index contributed by atoms with van der Waals surface area (Å²) in [5.74, 6) is 0. The fourth-order valence-corrected chi connectivity index (χ4v) is 3.69. The standard InChI is InChI=1S/C11H12BrNOS2/c1-7-13-8(6-15-7)4-9(14)5-10-2-3-11(12)16-10/h2-3,6,9,14H,4-5H2,1H3. The highest BCUT2D eigenvalue weighted by Crippen LogP contribution is 2.23. The van der Waals surface area contributed by atoms with Crippen molar-refractivity contribution >= 4 is 38.6 Å². The molecule has 0 saturated heterocycles. The van der Waals surface area contributed by atoms with E-state index in [1.165, 1.54) is 4.88 Å². The SMILES string of the molecule is Cc1nc(CC(O)Cc2ccc(Br)s2)cs1. The van der Waals surface area contributed by atoms with Crippen LogP contribution in [-0.2, 0) is 12.8 Å². The number of halogens is 1. The number of thiazole rings is 1. The van der Waals surface area contributed by atoms with Crippen LogP contribution in [0.2, 0.25) is 0 Å². The quantitative estimate of drug-likeness (QED) is 0.937. The first-order valence-corrected chi connectivity index (χ1v) is 7.45. The molecule has 1 unspecified atom stereocenters. The molecule has 0 fully saturated rings. The highest BCUT2D eigenvalue weighted by Gasteiger charge is 2.10. The lowest BCUT2D eigenvalue weighted by Gasteiger charge is -2.06. The highest BCUT2D eigenvalue weighted by molar-refractivity contribution is 9.11. The van der Waals surface area contributed by atoms with Gasteiger partial charge in [0.25, 0.3) is 0 Å². The number of aliphatic hydroxyl groups is 1. The van der Waals surface area contributed by atoms with E-state index in [2.05, 4.69) is 20.9 Å². The number of thiophene rings is 1. The average molecular weight is 318 g/mol. The third-order valence-corrected chi connectivity index (χ3v) is 4.65. The van der Waals surface area contributed by atoms with Crippen molar-refractivity contribution in [3.8, 4) is 0 Å². The second-order valence-corrected chi connectivity index (χ2v) is 7.24. The Morgan fingerprint density at radius 2 is 2.25 bits per heavy atom. The van der Waals surface area contributed by atoms with E-state index in [0.717, 1.165) is 14.5 Å². The maximum atomic E-state index is 9.93. The Morgan fingerprint density at radius 1 is 1.44 bits per heavy atom. The van der Waals surface area contributed by atoms with Crippen molar-refractivity contribution in [2.24, 2.45) is 0 Å². The van der Waals surface area contributed by atoms with Gasteiger partial charge in [0.15, 0.2) is 0 Å². The molecule has 2 heterocycles. The van der Waals surface area contributed by atoms with E-state index >= 15 is 0 Å².